The number of allylic oxidation sites excluding steroid dienone is 1. The van der Waals surface area contributed by atoms with E-state index in [0.717, 1.165) is 30.7 Å². The number of rotatable bonds is 4. The molecule has 0 aliphatic carbocycles. The number of benzene rings is 1. The Balaban J connectivity index is 1.86. The van der Waals surface area contributed by atoms with Gasteiger partial charge in [0.1, 0.15) is 17.4 Å². The van der Waals surface area contributed by atoms with Crippen LogP contribution >= 0.6 is 0 Å². The molecule has 4 rings (SSSR count). The second-order valence-corrected chi connectivity index (χ2v) is 8.36. The molecule has 2 atom stereocenters. The van der Waals surface area contributed by atoms with Crippen LogP contribution < -0.4 is 16.0 Å². The van der Waals surface area contributed by atoms with Crippen molar-refractivity contribution in [1.29, 1.82) is 5.26 Å². The van der Waals surface area contributed by atoms with Crippen molar-refractivity contribution >= 4 is 0 Å². The number of hydrogen-bond acceptors (Lipinski definition) is 5. The molecule has 1 aromatic carbocycles. The van der Waals surface area contributed by atoms with Crippen molar-refractivity contribution in [3.63, 3.8) is 0 Å². The van der Waals surface area contributed by atoms with Gasteiger partial charge < -0.3 is 19.8 Å². The average Bonchev–Trinajstić information content (AvgIpc) is 3.23. The van der Waals surface area contributed by atoms with Crippen molar-refractivity contribution in [2.75, 3.05) is 6.61 Å². The summed E-state index contributed by atoms with van der Waals surface area (Å²) in [5.74, 6) is 0.321. The number of hydrogen-bond donors (Lipinski definition) is 1. The van der Waals surface area contributed by atoms with E-state index in [1.54, 1.807) is 4.57 Å². The molecule has 1 saturated heterocycles. The Hall–Kier alpha value is -3.04. The molecule has 0 unspecified atom stereocenters. The van der Waals surface area contributed by atoms with Gasteiger partial charge in [-0.15, -0.1) is 0 Å². The summed E-state index contributed by atoms with van der Waals surface area (Å²) >= 11 is 0. The highest BCUT2D eigenvalue weighted by molar-refractivity contribution is 5.55. The first-order chi connectivity index (χ1) is 14.4. The molecule has 30 heavy (non-hydrogen) atoms. The topological polar surface area (TPSA) is 90.3 Å². The van der Waals surface area contributed by atoms with Crippen molar-refractivity contribution in [1.82, 2.24) is 4.57 Å². The molecule has 2 aromatic rings. The van der Waals surface area contributed by atoms with Crippen LogP contribution in [0.15, 0.2) is 46.6 Å². The fraction of sp³-hybridized carbons (Fsp3) is 0.417. The molecule has 6 heteroatoms. The van der Waals surface area contributed by atoms with Gasteiger partial charge in [-0.3, -0.25) is 4.79 Å². The Morgan fingerprint density at radius 2 is 2.03 bits per heavy atom. The molecular weight excluding hydrogens is 378 g/mol. The maximum Gasteiger partial charge on any atom is 0.258 e. The molecule has 0 amide bonds. The average molecular weight is 405 g/mol. The van der Waals surface area contributed by atoms with E-state index in [1.807, 2.05) is 37.3 Å². The quantitative estimate of drug-likeness (QED) is 0.838. The molecule has 0 spiro atoms. The molecule has 2 N–H and O–H groups in total. The highest BCUT2D eigenvalue weighted by Crippen LogP contribution is 2.40. The molecule has 1 aromatic heterocycles. The molecule has 0 bridgehead atoms. The van der Waals surface area contributed by atoms with Gasteiger partial charge in [0.15, 0.2) is 0 Å². The summed E-state index contributed by atoms with van der Waals surface area (Å²) in [4.78, 5) is 13.6. The minimum absolute atomic E-state index is 0.0313. The summed E-state index contributed by atoms with van der Waals surface area (Å²) in [6.45, 7) is 7.37. The van der Waals surface area contributed by atoms with Crippen LogP contribution in [0.4, 0.5) is 0 Å². The van der Waals surface area contributed by atoms with Crippen LogP contribution in [0, 0.1) is 18.3 Å². The first-order valence-electron chi connectivity index (χ1n) is 10.4. The number of nitriles is 1. The fourth-order valence-corrected chi connectivity index (χ4v) is 4.31. The molecule has 1 fully saturated rings. The summed E-state index contributed by atoms with van der Waals surface area (Å²) in [5.41, 5.74) is 9.50. The van der Waals surface area contributed by atoms with Crippen LogP contribution in [0.1, 0.15) is 60.9 Å². The summed E-state index contributed by atoms with van der Waals surface area (Å²) in [7, 11) is 0. The highest BCUT2D eigenvalue weighted by atomic mass is 16.5. The zero-order valence-corrected chi connectivity index (χ0v) is 17.6. The maximum absolute atomic E-state index is 13.6. The van der Waals surface area contributed by atoms with Gasteiger partial charge in [-0.25, -0.2) is 0 Å². The monoisotopic (exact) mass is 405 g/mol. The Kier molecular flexibility index (Phi) is 5.40. The molecule has 3 heterocycles. The highest BCUT2D eigenvalue weighted by Gasteiger charge is 2.34. The molecule has 0 radical (unpaired) electrons. The van der Waals surface area contributed by atoms with Crippen molar-refractivity contribution in [2.45, 2.75) is 58.1 Å². The molecular formula is C24H27N3O3. The molecule has 156 valence electrons. The predicted molar refractivity (Wildman–Crippen MR) is 114 cm³/mol. The van der Waals surface area contributed by atoms with E-state index in [4.69, 9.17) is 15.2 Å². The van der Waals surface area contributed by atoms with Crippen molar-refractivity contribution in [3.8, 4) is 11.8 Å². The number of nitrogens with zero attached hydrogens (tertiary/aromatic N) is 2. The van der Waals surface area contributed by atoms with Crippen LogP contribution in [-0.2, 0) is 11.3 Å². The van der Waals surface area contributed by atoms with E-state index < -0.39 is 5.92 Å². The van der Waals surface area contributed by atoms with Gasteiger partial charge in [-0.05, 0) is 36.8 Å². The van der Waals surface area contributed by atoms with E-state index >= 15 is 0 Å². The third-order valence-electron chi connectivity index (χ3n) is 6.04. The lowest BCUT2D eigenvalue weighted by Gasteiger charge is -2.28. The van der Waals surface area contributed by atoms with Gasteiger partial charge in [0.2, 0.25) is 5.88 Å². The van der Waals surface area contributed by atoms with E-state index in [9.17, 15) is 10.1 Å². The van der Waals surface area contributed by atoms with E-state index in [0.29, 0.717) is 23.8 Å². The zero-order valence-electron chi connectivity index (χ0n) is 17.6. The Labute approximate surface area is 176 Å². The van der Waals surface area contributed by atoms with E-state index in [2.05, 4.69) is 19.9 Å². The first kappa shape index (κ1) is 20.2. The minimum Gasteiger partial charge on any atom is -0.440 e. The number of fused-ring (bicyclic) bond motifs is 1. The normalized spacial score (nSPS) is 20.8. The first-order valence-corrected chi connectivity index (χ1v) is 10.4. The number of pyridine rings is 1. The SMILES string of the molecule is Cc1cc2c(c(=O)n1C[C@@H]1CCCO1)[C@@H](c1ccc(C(C)C)cc1)C(C#N)=C(N)O2. The lowest BCUT2D eigenvalue weighted by atomic mass is 9.83. The Morgan fingerprint density at radius 3 is 2.63 bits per heavy atom. The summed E-state index contributed by atoms with van der Waals surface area (Å²) in [6, 6.07) is 12.0. The van der Waals surface area contributed by atoms with Crippen LogP contribution in [0.25, 0.3) is 0 Å². The molecule has 2 aliphatic rings. The third-order valence-corrected chi connectivity index (χ3v) is 6.04. The lowest BCUT2D eigenvalue weighted by molar-refractivity contribution is 0.0955. The van der Waals surface area contributed by atoms with Crippen molar-refractivity contribution in [3.05, 3.63) is 74.5 Å². The largest absolute Gasteiger partial charge is 0.440 e. The second kappa shape index (κ2) is 8.00. The van der Waals surface area contributed by atoms with Crippen LogP contribution in [0.5, 0.6) is 5.75 Å². The third kappa shape index (κ3) is 3.50. The van der Waals surface area contributed by atoms with Crippen LogP contribution in [0.3, 0.4) is 0 Å². The number of nitrogens with two attached hydrogens (primary N) is 1. The molecule has 6 nitrogen and oxygen atoms in total. The Bertz CT molecular complexity index is 1080. The smallest absolute Gasteiger partial charge is 0.258 e. The lowest BCUT2D eigenvalue weighted by Crippen LogP contribution is -2.35. The molecule has 2 aliphatic heterocycles. The summed E-state index contributed by atoms with van der Waals surface area (Å²) in [5, 5.41) is 9.81. The van der Waals surface area contributed by atoms with Gasteiger partial charge in [-0.2, -0.15) is 5.26 Å². The summed E-state index contributed by atoms with van der Waals surface area (Å²) in [6.07, 6.45) is 1.98. The number of aryl methyl sites for hydroxylation is 1. The van der Waals surface area contributed by atoms with Crippen molar-refractivity contribution < 1.29 is 9.47 Å². The number of ether oxygens (including phenoxy) is 2. The molecule has 0 saturated carbocycles. The van der Waals surface area contributed by atoms with E-state index in [1.165, 1.54) is 5.56 Å². The van der Waals surface area contributed by atoms with E-state index in [-0.39, 0.29) is 23.1 Å². The second-order valence-electron chi connectivity index (χ2n) is 8.36. The maximum atomic E-state index is 13.6. The zero-order chi connectivity index (χ0) is 21.4. The van der Waals surface area contributed by atoms with Gasteiger partial charge in [0.05, 0.1) is 24.1 Å². The fourth-order valence-electron chi connectivity index (χ4n) is 4.31. The van der Waals surface area contributed by atoms with Gasteiger partial charge in [0.25, 0.3) is 5.56 Å². The predicted octanol–water partition coefficient (Wildman–Crippen LogP) is 3.68. The standard InChI is InChI=1S/C24H27N3O3/c1-14(2)16-6-8-17(9-7-16)21-19(12-25)23(26)30-20-11-15(3)27(24(28)22(20)21)13-18-5-4-10-29-18/h6-9,11,14,18,21H,4-5,10,13,26H2,1-3H3/t18-,21-/m0/s1. The van der Waals surface area contributed by atoms with Gasteiger partial charge in [-0.1, -0.05) is 38.1 Å². The van der Waals surface area contributed by atoms with Gasteiger partial charge >= 0.3 is 0 Å². The van der Waals surface area contributed by atoms with Crippen molar-refractivity contribution in [2.24, 2.45) is 5.73 Å². The minimum atomic E-state index is -0.552. The van der Waals surface area contributed by atoms with Crippen LogP contribution in [0.2, 0.25) is 0 Å². The summed E-state index contributed by atoms with van der Waals surface area (Å²) < 4.78 is 13.2. The van der Waals surface area contributed by atoms with Crippen LogP contribution in [-0.4, -0.2) is 17.3 Å². The Morgan fingerprint density at radius 1 is 1.30 bits per heavy atom. The van der Waals surface area contributed by atoms with Gasteiger partial charge in [0, 0.05) is 18.4 Å². The number of aromatic nitrogens is 1.